The number of carbonyl (C=O) groups excluding carboxylic acids is 1. The average Bonchev–Trinajstić information content (AvgIpc) is 2.81. The van der Waals surface area contributed by atoms with Gasteiger partial charge in [-0.2, -0.15) is 0 Å². The second-order valence-corrected chi connectivity index (χ2v) is 4.94. The third-order valence-corrected chi connectivity index (χ3v) is 3.32. The van der Waals surface area contributed by atoms with E-state index >= 15 is 0 Å². The van der Waals surface area contributed by atoms with E-state index in [2.05, 4.69) is 15.0 Å². The van der Waals surface area contributed by atoms with Crippen molar-refractivity contribution in [3.63, 3.8) is 0 Å². The van der Waals surface area contributed by atoms with Gasteiger partial charge in [0.25, 0.3) is 0 Å². The van der Waals surface area contributed by atoms with Gasteiger partial charge >= 0.3 is 5.97 Å². The maximum absolute atomic E-state index is 13.5. The third kappa shape index (κ3) is 3.65. The summed E-state index contributed by atoms with van der Waals surface area (Å²) < 4.78 is 18.1. The SMILES string of the molecule is COC(=O)Cc1csc(Nc2cc(Cl)ccc2F)n1. The molecule has 0 radical (unpaired) electrons. The van der Waals surface area contributed by atoms with Crippen LogP contribution in [0.3, 0.4) is 0 Å². The average molecular weight is 301 g/mol. The van der Waals surface area contributed by atoms with Gasteiger partial charge in [-0.1, -0.05) is 11.6 Å². The molecule has 19 heavy (non-hydrogen) atoms. The van der Waals surface area contributed by atoms with Crippen molar-refractivity contribution in [3.05, 3.63) is 40.1 Å². The molecule has 0 fully saturated rings. The van der Waals surface area contributed by atoms with Gasteiger partial charge in [-0.15, -0.1) is 11.3 Å². The summed E-state index contributed by atoms with van der Waals surface area (Å²) in [5, 5.41) is 5.44. The molecule has 0 saturated carbocycles. The Hall–Kier alpha value is -1.66. The zero-order valence-electron chi connectivity index (χ0n) is 9.94. The van der Waals surface area contributed by atoms with Crippen molar-refractivity contribution in [1.29, 1.82) is 0 Å². The zero-order valence-corrected chi connectivity index (χ0v) is 11.5. The highest BCUT2D eigenvalue weighted by Gasteiger charge is 2.09. The second kappa shape index (κ2) is 5.99. The van der Waals surface area contributed by atoms with Crippen molar-refractivity contribution in [2.45, 2.75) is 6.42 Å². The van der Waals surface area contributed by atoms with Gasteiger partial charge in [-0.3, -0.25) is 4.79 Å². The summed E-state index contributed by atoms with van der Waals surface area (Å²) in [6.45, 7) is 0. The molecule has 100 valence electrons. The van der Waals surface area contributed by atoms with E-state index in [0.29, 0.717) is 15.8 Å². The molecule has 0 saturated heterocycles. The predicted molar refractivity (Wildman–Crippen MR) is 72.5 cm³/mol. The molecule has 1 heterocycles. The fourth-order valence-electron chi connectivity index (χ4n) is 1.37. The Morgan fingerprint density at radius 3 is 3.11 bits per heavy atom. The molecule has 0 aliphatic carbocycles. The Labute approximate surface area is 118 Å². The molecule has 7 heteroatoms. The molecule has 0 aliphatic rings. The number of halogens is 2. The molecule has 4 nitrogen and oxygen atoms in total. The van der Waals surface area contributed by atoms with Crippen LogP contribution in [0, 0.1) is 5.82 Å². The van der Waals surface area contributed by atoms with Crippen LogP contribution in [0.1, 0.15) is 5.69 Å². The van der Waals surface area contributed by atoms with Crippen LogP contribution in [0.4, 0.5) is 15.2 Å². The van der Waals surface area contributed by atoms with Crippen LogP contribution >= 0.6 is 22.9 Å². The summed E-state index contributed by atoms with van der Waals surface area (Å²) in [6, 6.07) is 4.21. The number of methoxy groups -OCH3 is 1. The molecule has 0 bridgehead atoms. The Morgan fingerprint density at radius 1 is 1.58 bits per heavy atom. The number of aromatic nitrogens is 1. The molecule has 1 aromatic heterocycles. The summed E-state index contributed by atoms with van der Waals surface area (Å²) >= 11 is 7.06. The fraction of sp³-hybridized carbons (Fsp3) is 0.167. The number of hydrogen-bond donors (Lipinski definition) is 1. The number of anilines is 2. The van der Waals surface area contributed by atoms with E-state index in [4.69, 9.17) is 11.6 Å². The molecule has 0 unspecified atom stereocenters. The molecule has 1 aromatic carbocycles. The minimum absolute atomic E-state index is 0.0900. The standard InChI is InChI=1S/C12H10ClFN2O2S/c1-18-11(17)5-8-6-19-12(15-8)16-10-4-7(13)2-3-9(10)14/h2-4,6H,5H2,1H3,(H,15,16). The van der Waals surface area contributed by atoms with E-state index in [0.717, 1.165) is 0 Å². The van der Waals surface area contributed by atoms with Gasteiger partial charge in [-0.25, -0.2) is 9.37 Å². The van der Waals surface area contributed by atoms with Gasteiger partial charge in [0, 0.05) is 10.4 Å². The zero-order chi connectivity index (χ0) is 13.8. The summed E-state index contributed by atoms with van der Waals surface area (Å²) in [6.07, 6.45) is 0.0900. The first kappa shape index (κ1) is 13.8. The van der Waals surface area contributed by atoms with Crippen LogP contribution in [0.15, 0.2) is 23.6 Å². The minimum Gasteiger partial charge on any atom is -0.469 e. The van der Waals surface area contributed by atoms with Gasteiger partial charge in [0.2, 0.25) is 0 Å². The van der Waals surface area contributed by atoms with Gasteiger partial charge in [0.05, 0.1) is 24.9 Å². The topological polar surface area (TPSA) is 51.2 Å². The highest BCUT2D eigenvalue weighted by Crippen LogP contribution is 2.25. The molecular formula is C12H10ClFN2O2S. The molecule has 2 aromatic rings. The minimum atomic E-state index is -0.422. The smallest absolute Gasteiger partial charge is 0.311 e. The van der Waals surface area contributed by atoms with Crippen LogP contribution in [-0.4, -0.2) is 18.1 Å². The van der Waals surface area contributed by atoms with Crippen LogP contribution in [0.2, 0.25) is 5.02 Å². The van der Waals surface area contributed by atoms with Crippen LogP contribution in [-0.2, 0) is 16.0 Å². The fourth-order valence-corrected chi connectivity index (χ4v) is 2.27. The first-order chi connectivity index (χ1) is 9.08. The second-order valence-electron chi connectivity index (χ2n) is 3.65. The van der Waals surface area contributed by atoms with Crippen LogP contribution in [0.5, 0.6) is 0 Å². The first-order valence-electron chi connectivity index (χ1n) is 5.32. The quantitative estimate of drug-likeness (QED) is 0.879. The van der Waals surface area contributed by atoms with Crippen molar-refractivity contribution in [1.82, 2.24) is 4.98 Å². The third-order valence-electron chi connectivity index (χ3n) is 2.27. The molecule has 0 atom stereocenters. The summed E-state index contributed by atoms with van der Waals surface area (Å²) in [5.74, 6) is -0.792. The van der Waals surface area contributed by atoms with Crippen LogP contribution in [0.25, 0.3) is 0 Å². The van der Waals surface area contributed by atoms with Crippen molar-refractivity contribution in [3.8, 4) is 0 Å². The Balaban J connectivity index is 2.11. The number of hydrogen-bond acceptors (Lipinski definition) is 5. The van der Waals surface area contributed by atoms with Crippen molar-refractivity contribution < 1.29 is 13.9 Å². The van der Waals surface area contributed by atoms with Gasteiger partial charge < -0.3 is 10.1 Å². The van der Waals surface area contributed by atoms with Crippen LogP contribution < -0.4 is 5.32 Å². The first-order valence-corrected chi connectivity index (χ1v) is 6.57. The number of benzene rings is 1. The monoisotopic (exact) mass is 300 g/mol. The number of carbonyl (C=O) groups is 1. The number of nitrogens with one attached hydrogen (secondary N) is 1. The Bertz CT molecular complexity index is 603. The lowest BCUT2D eigenvalue weighted by molar-refractivity contribution is -0.139. The van der Waals surface area contributed by atoms with Crippen molar-refractivity contribution in [2.24, 2.45) is 0 Å². The van der Waals surface area contributed by atoms with Gasteiger partial charge in [0.1, 0.15) is 5.82 Å². The molecular weight excluding hydrogens is 291 g/mol. The summed E-state index contributed by atoms with van der Waals surface area (Å²) in [7, 11) is 1.31. The number of thiazole rings is 1. The Kier molecular flexibility index (Phi) is 4.34. The lowest BCUT2D eigenvalue weighted by atomic mass is 10.3. The lowest BCUT2D eigenvalue weighted by Crippen LogP contribution is -2.04. The van der Waals surface area contributed by atoms with E-state index in [9.17, 15) is 9.18 Å². The highest BCUT2D eigenvalue weighted by molar-refractivity contribution is 7.13. The molecule has 1 N–H and O–H groups in total. The number of nitrogens with zero attached hydrogens (tertiary/aromatic N) is 1. The number of esters is 1. The predicted octanol–water partition coefficient (Wildman–Crippen LogP) is 3.39. The maximum Gasteiger partial charge on any atom is 0.311 e. The Morgan fingerprint density at radius 2 is 2.37 bits per heavy atom. The normalized spacial score (nSPS) is 10.3. The number of ether oxygens (including phenoxy) is 1. The van der Waals surface area contributed by atoms with E-state index in [1.165, 1.54) is 36.6 Å². The van der Waals surface area contributed by atoms with Gasteiger partial charge in [0.15, 0.2) is 5.13 Å². The van der Waals surface area contributed by atoms with E-state index in [1.807, 2.05) is 0 Å². The molecule has 2 rings (SSSR count). The molecule has 0 spiro atoms. The van der Waals surface area contributed by atoms with E-state index < -0.39 is 5.82 Å². The van der Waals surface area contributed by atoms with Gasteiger partial charge in [-0.05, 0) is 18.2 Å². The maximum atomic E-state index is 13.5. The van der Waals surface area contributed by atoms with E-state index in [1.54, 1.807) is 5.38 Å². The molecule has 0 aliphatic heterocycles. The van der Waals surface area contributed by atoms with E-state index in [-0.39, 0.29) is 18.1 Å². The highest BCUT2D eigenvalue weighted by atomic mass is 35.5. The summed E-state index contributed by atoms with van der Waals surface area (Å²) in [5.41, 5.74) is 0.813. The van der Waals surface area contributed by atoms with Crippen molar-refractivity contribution in [2.75, 3.05) is 12.4 Å². The largest absolute Gasteiger partial charge is 0.469 e. The molecule has 0 amide bonds. The number of rotatable bonds is 4. The summed E-state index contributed by atoms with van der Waals surface area (Å²) in [4.78, 5) is 15.3. The van der Waals surface area contributed by atoms with Crippen molar-refractivity contribution >= 4 is 39.7 Å². The lowest BCUT2D eigenvalue weighted by Gasteiger charge is -2.04.